The molecule has 1 saturated heterocycles. The first-order valence-electron chi connectivity index (χ1n) is 12.0. The zero-order valence-electron chi connectivity index (χ0n) is 20.2. The van der Waals surface area contributed by atoms with Crippen LogP contribution in [0.5, 0.6) is 5.75 Å². The van der Waals surface area contributed by atoms with Crippen LogP contribution in [0.3, 0.4) is 0 Å². The second-order valence-corrected chi connectivity index (χ2v) is 9.67. The molecule has 2 N–H and O–H groups in total. The summed E-state index contributed by atoms with van der Waals surface area (Å²) in [4.78, 5) is 6.03. The summed E-state index contributed by atoms with van der Waals surface area (Å²) in [5, 5.41) is 19.2. The molecule has 1 fully saturated rings. The van der Waals surface area contributed by atoms with Crippen molar-refractivity contribution in [1.29, 1.82) is 0 Å². The number of nitrogens with one attached hydrogen (secondary N) is 1. The smallest absolute Gasteiger partial charge is 0.137 e. The van der Waals surface area contributed by atoms with E-state index in [9.17, 15) is 13.9 Å². The molecule has 0 radical (unpaired) electrons. The van der Waals surface area contributed by atoms with E-state index in [0.717, 1.165) is 43.4 Å². The monoisotopic (exact) mass is 485 g/mol. The maximum absolute atomic E-state index is 14.7. The van der Waals surface area contributed by atoms with Crippen LogP contribution < -0.4 is 10.1 Å². The van der Waals surface area contributed by atoms with Crippen molar-refractivity contribution in [2.75, 3.05) is 31.6 Å². The Morgan fingerprint density at radius 3 is 2.49 bits per heavy atom. The number of halogens is 2. The first kappa shape index (κ1) is 25.1. The summed E-state index contributed by atoms with van der Waals surface area (Å²) in [6, 6.07) is 11.6. The number of piperidine rings is 1. The van der Waals surface area contributed by atoms with Crippen molar-refractivity contribution >= 4 is 5.69 Å². The number of ether oxygens (including phenoxy) is 1. The molecule has 0 saturated carbocycles. The van der Waals surface area contributed by atoms with Crippen LogP contribution >= 0.6 is 0 Å². The highest BCUT2D eigenvalue weighted by Gasteiger charge is 2.36. The van der Waals surface area contributed by atoms with E-state index in [1.165, 1.54) is 29.5 Å². The summed E-state index contributed by atoms with van der Waals surface area (Å²) >= 11 is 0. The van der Waals surface area contributed by atoms with E-state index in [1.54, 1.807) is 0 Å². The van der Waals surface area contributed by atoms with Gasteiger partial charge in [0.15, 0.2) is 0 Å². The highest BCUT2D eigenvalue weighted by atomic mass is 19.1. The van der Waals surface area contributed by atoms with Crippen LogP contribution in [0, 0.1) is 17.6 Å². The largest absolute Gasteiger partial charge is 0.493 e. The molecule has 1 atom stereocenters. The Morgan fingerprint density at radius 1 is 1.11 bits per heavy atom. The third-order valence-electron chi connectivity index (χ3n) is 6.20. The Bertz CT molecular complexity index is 1070. The Hall–Kier alpha value is -3.04. The molecule has 0 spiro atoms. The van der Waals surface area contributed by atoms with Crippen molar-refractivity contribution in [3.8, 4) is 5.75 Å². The van der Waals surface area contributed by atoms with E-state index in [4.69, 9.17) is 4.74 Å². The van der Waals surface area contributed by atoms with Gasteiger partial charge < -0.3 is 15.2 Å². The summed E-state index contributed by atoms with van der Waals surface area (Å²) in [7, 11) is 0. The molecule has 4 rings (SSSR count). The molecule has 1 aromatic heterocycles. The molecule has 2 aromatic carbocycles. The van der Waals surface area contributed by atoms with E-state index < -0.39 is 17.2 Å². The Labute approximate surface area is 204 Å². The average Bonchev–Trinajstić information content (AvgIpc) is 3.32. The molecule has 3 aromatic rings. The van der Waals surface area contributed by atoms with E-state index >= 15 is 0 Å². The number of aliphatic hydroxyl groups is 1. The van der Waals surface area contributed by atoms with Gasteiger partial charge in [-0.2, -0.15) is 5.10 Å². The summed E-state index contributed by atoms with van der Waals surface area (Å²) in [6.07, 6.45) is 4.58. The highest BCUT2D eigenvalue weighted by molar-refractivity contribution is 5.47. The molecule has 2 heterocycles. The average molecular weight is 486 g/mol. The van der Waals surface area contributed by atoms with E-state index in [-0.39, 0.29) is 18.7 Å². The number of aromatic nitrogens is 3. The molecule has 1 aliphatic heterocycles. The minimum Gasteiger partial charge on any atom is -0.493 e. The van der Waals surface area contributed by atoms with Crippen LogP contribution in [-0.4, -0.2) is 57.1 Å². The van der Waals surface area contributed by atoms with Gasteiger partial charge in [0.1, 0.15) is 35.6 Å². The first-order valence-corrected chi connectivity index (χ1v) is 12.0. The quantitative estimate of drug-likeness (QED) is 0.451. The van der Waals surface area contributed by atoms with Gasteiger partial charge in [-0.15, -0.1) is 0 Å². The molecular weight excluding hydrogens is 452 g/mol. The number of anilines is 1. The van der Waals surface area contributed by atoms with Gasteiger partial charge in [-0.1, -0.05) is 19.9 Å². The van der Waals surface area contributed by atoms with Gasteiger partial charge in [0, 0.05) is 43.0 Å². The second-order valence-electron chi connectivity index (χ2n) is 9.67. The summed E-state index contributed by atoms with van der Waals surface area (Å²) < 4.78 is 35.4. The number of likely N-dealkylation sites (tertiary alicyclic amines) is 1. The highest BCUT2D eigenvalue weighted by Crippen LogP contribution is 2.29. The Morgan fingerprint density at radius 2 is 1.86 bits per heavy atom. The molecule has 188 valence electrons. The van der Waals surface area contributed by atoms with Crippen LogP contribution in [0.15, 0.2) is 55.1 Å². The molecule has 0 bridgehead atoms. The third-order valence-corrected chi connectivity index (χ3v) is 6.20. The first-order chi connectivity index (χ1) is 16.8. The van der Waals surface area contributed by atoms with Crippen LogP contribution in [0.2, 0.25) is 0 Å². The Kier molecular flexibility index (Phi) is 7.97. The predicted octanol–water partition coefficient (Wildman–Crippen LogP) is 4.06. The van der Waals surface area contributed by atoms with Crippen molar-refractivity contribution in [3.05, 3.63) is 72.3 Å². The van der Waals surface area contributed by atoms with Gasteiger partial charge in [0.05, 0.1) is 13.2 Å². The minimum atomic E-state index is -1.59. The number of nitrogens with zero attached hydrogens (tertiary/aromatic N) is 4. The van der Waals surface area contributed by atoms with Crippen LogP contribution in [0.4, 0.5) is 14.5 Å². The van der Waals surface area contributed by atoms with Crippen molar-refractivity contribution in [3.63, 3.8) is 0 Å². The molecule has 0 aliphatic carbocycles. The van der Waals surface area contributed by atoms with Crippen LogP contribution in [0.25, 0.3) is 0 Å². The lowest BCUT2D eigenvalue weighted by molar-refractivity contribution is -0.0260. The van der Waals surface area contributed by atoms with E-state index in [1.807, 2.05) is 24.3 Å². The van der Waals surface area contributed by atoms with Gasteiger partial charge in [0.2, 0.25) is 0 Å². The topological polar surface area (TPSA) is 75.4 Å². The molecule has 1 aliphatic rings. The van der Waals surface area contributed by atoms with Crippen molar-refractivity contribution in [1.82, 2.24) is 19.7 Å². The molecule has 35 heavy (non-hydrogen) atoms. The molecule has 9 heteroatoms. The zero-order valence-corrected chi connectivity index (χ0v) is 20.2. The number of hydrogen-bond acceptors (Lipinski definition) is 6. The number of β-amino-alcohol motifs (C(OH)–C–C–N with tert-alkyl or cyclic N) is 1. The van der Waals surface area contributed by atoms with Gasteiger partial charge in [-0.3, -0.25) is 4.90 Å². The maximum atomic E-state index is 14.7. The standard InChI is InChI=1S/C26H33F2N5O2/c1-19(2)14-35-23-6-4-21(5-7-23)31-22-9-11-32(12-10-22)15-26(34,16-33-18-29-17-30-33)24-8-3-20(27)13-25(24)28/h3-8,13,17-19,22,31,34H,9-12,14-16H2,1-2H3. The predicted molar refractivity (Wildman–Crippen MR) is 130 cm³/mol. The van der Waals surface area contributed by atoms with Gasteiger partial charge in [-0.25, -0.2) is 18.4 Å². The van der Waals surface area contributed by atoms with Crippen molar-refractivity contribution in [2.24, 2.45) is 5.92 Å². The molecular formula is C26H33F2N5O2. The van der Waals surface area contributed by atoms with Gasteiger partial charge >= 0.3 is 0 Å². The fourth-order valence-electron chi connectivity index (χ4n) is 4.42. The second kappa shape index (κ2) is 11.1. The van der Waals surface area contributed by atoms with Gasteiger partial charge in [-0.05, 0) is 49.1 Å². The van der Waals surface area contributed by atoms with Crippen LogP contribution in [-0.2, 0) is 12.1 Å². The van der Waals surface area contributed by atoms with Crippen molar-refractivity contribution < 1.29 is 18.6 Å². The van der Waals surface area contributed by atoms with Crippen molar-refractivity contribution in [2.45, 2.75) is 44.9 Å². The lowest BCUT2D eigenvalue weighted by Crippen LogP contribution is -2.48. The lowest BCUT2D eigenvalue weighted by atomic mass is 9.91. The summed E-state index contributed by atoms with van der Waals surface area (Å²) in [6.45, 7) is 6.60. The zero-order chi connectivity index (χ0) is 24.8. The van der Waals surface area contributed by atoms with E-state index in [2.05, 4.69) is 34.1 Å². The fourth-order valence-corrected chi connectivity index (χ4v) is 4.42. The number of rotatable bonds is 10. The number of benzene rings is 2. The number of hydrogen-bond donors (Lipinski definition) is 2. The van der Waals surface area contributed by atoms with Gasteiger partial charge in [0.25, 0.3) is 0 Å². The minimum absolute atomic E-state index is 0.0129. The fraction of sp³-hybridized carbons (Fsp3) is 0.462. The Balaban J connectivity index is 1.36. The molecule has 0 amide bonds. The summed E-state index contributed by atoms with van der Waals surface area (Å²) in [5.74, 6) is -0.115. The molecule has 1 unspecified atom stereocenters. The van der Waals surface area contributed by atoms with E-state index in [0.29, 0.717) is 18.6 Å². The van der Waals surface area contributed by atoms with Crippen LogP contribution in [0.1, 0.15) is 32.3 Å². The SMILES string of the molecule is CC(C)COc1ccc(NC2CCN(CC(O)(Cn3cncn3)c3ccc(F)cc3F)CC2)cc1. The lowest BCUT2D eigenvalue weighted by Gasteiger charge is -2.38. The third kappa shape index (κ3) is 6.76. The normalized spacial score (nSPS) is 16.9. The molecule has 7 nitrogen and oxygen atoms in total. The summed E-state index contributed by atoms with van der Waals surface area (Å²) in [5.41, 5.74) is -0.497. The maximum Gasteiger partial charge on any atom is 0.137 e.